The van der Waals surface area contributed by atoms with Crippen molar-refractivity contribution >= 4 is 19.8 Å². The van der Waals surface area contributed by atoms with Gasteiger partial charge in [-0.25, -0.2) is 0 Å². The summed E-state index contributed by atoms with van der Waals surface area (Å²) < 4.78 is 33.8. The number of ether oxygens (including phenoxy) is 2. The van der Waals surface area contributed by atoms with E-state index in [0.29, 0.717) is 17.4 Å². The third kappa shape index (κ3) is 40.2. The Morgan fingerprint density at radius 3 is 1.54 bits per heavy atom. The average Bonchev–Trinajstić information content (AvgIpc) is 3.12. The van der Waals surface area contributed by atoms with E-state index in [1.165, 1.54) is 128 Å². The molecule has 0 rings (SSSR count). The van der Waals surface area contributed by atoms with E-state index in [9.17, 15) is 19.0 Å². The zero-order valence-electron chi connectivity index (χ0n) is 35.7. The zero-order chi connectivity index (χ0) is 40.0. The highest BCUT2D eigenvalue weighted by Gasteiger charge is 2.21. The molecule has 0 saturated heterocycles. The predicted octanol–water partition coefficient (Wildman–Crippen LogP) is 11.7. The molecule has 0 aliphatic carbocycles. The maximum Gasteiger partial charge on any atom is 0.306 e. The van der Waals surface area contributed by atoms with Crippen LogP contribution in [0, 0.1) is 0 Å². The third-order valence-electron chi connectivity index (χ3n) is 9.49. The maximum absolute atomic E-state index is 12.6. The van der Waals surface area contributed by atoms with Crippen LogP contribution in [0.3, 0.4) is 0 Å². The monoisotopic (exact) mass is 786 g/mol. The zero-order valence-corrected chi connectivity index (χ0v) is 36.6. The van der Waals surface area contributed by atoms with Crippen LogP contribution in [0.5, 0.6) is 0 Å². The lowest BCUT2D eigenvalue weighted by atomic mass is 10.0. The van der Waals surface area contributed by atoms with Crippen molar-refractivity contribution in [1.29, 1.82) is 0 Å². The van der Waals surface area contributed by atoms with E-state index in [-0.39, 0.29) is 26.1 Å². The van der Waals surface area contributed by atoms with Crippen LogP contribution in [0.1, 0.15) is 194 Å². The van der Waals surface area contributed by atoms with Crippen LogP contribution in [0.15, 0.2) is 24.3 Å². The number of esters is 2. The molecule has 0 saturated carbocycles. The highest BCUT2D eigenvalue weighted by Crippen LogP contribution is 2.38. The number of quaternary nitrogens is 1. The van der Waals surface area contributed by atoms with Crippen LogP contribution in [-0.2, 0) is 32.7 Å². The van der Waals surface area contributed by atoms with Crippen molar-refractivity contribution in [3.05, 3.63) is 24.3 Å². The third-order valence-corrected chi connectivity index (χ3v) is 10.5. The summed E-state index contributed by atoms with van der Waals surface area (Å²) in [5.74, 6) is -0.906. The molecule has 0 N–H and O–H groups in total. The minimum Gasteiger partial charge on any atom is -0.756 e. The number of unbranched alkanes of at least 4 members (excludes halogenated alkanes) is 22. The Morgan fingerprint density at radius 1 is 0.574 bits per heavy atom. The number of carbonyl (C=O) groups is 2. The Hall–Kier alpha value is -1.51. The Kier molecular flexibility index (Phi) is 36.1. The summed E-state index contributed by atoms with van der Waals surface area (Å²) in [6.07, 6.45) is 39.4. The summed E-state index contributed by atoms with van der Waals surface area (Å²) in [4.78, 5) is 37.4. The molecule has 0 heterocycles. The van der Waals surface area contributed by atoms with Gasteiger partial charge < -0.3 is 27.9 Å². The quantitative estimate of drug-likeness (QED) is 0.0198. The van der Waals surface area contributed by atoms with Gasteiger partial charge in [0.1, 0.15) is 19.8 Å². The van der Waals surface area contributed by atoms with Crippen LogP contribution in [0.2, 0.25) is 0 Å². The van der Waals surface area contributed by atoms with Crippen LogP contribution in [-0.4, -0.2) is 70.0 Å². The van der Waals surface area contributed by atoms with Crippen molar-refractivity contribution < 1.29 is 42.1 Å². The summed E-state index contributed by atoms with van der Waals surface area (Å²) in [6.45, 7) is 4.17. The number of allylic oxidation sites excluding steroid dienone is 4. The second-order valence-electron chi connectivity index (χ2n) is 16.1. The summed E-state index contributed by atoms with van der Waals surface area (Å²) in [7, 11) is 1.14. The van der Waals surface area contributed by atoms with Crippen molar-refractivity contribution in [1.82, 2.24) is 0 Å². The van der Waals surface area contributed by atoms with E-state index in [4.69, 9.17) is 18.5 Å². The summed E-state index contributed by atoms with van der Waals surface area (Å²) >= 11 is 0. The smallest absolute Gasteiger partial charge is 0.306 e. The molecular weight excluding hydrogens is 701 g/mol. The molecule has 9 nitrogen and oxygen atoms in total. The molecule has 0 spiro atoms. The van der Waals surface area contributed by atoms with E-state index in [1.807, 2.05) is 33.3 Å². The van der Waals surface area contributed by atoms with Crippen molar-refractivity contribution in [3.8, 4) is 0 Å². The summed E-state index contributed by atoms with van der Waals surface area (Å²) in [5.41, 5.74) is 0. The molecule has 0 amide bonds. The Labute approximate surface area is 332 Å². The van der Waals surface area contributed by atoms with Crippen LogP contribution in [0.25, 0.3) is 0 Å². The summed E-state index contributed by atoms with van der Waals surface area (Å²) in [6, 6.07) is 0. The molecule has 2 atom stereocenters. The molecule has 0 fully saturated rings. The van der Waals surface area contributed by atoms with Gasteiger partial charge in [0.15, 0.2) is 6.10 Å². The van der Waals surface area contributed by atoms with E-state index in [2.05, 4.69) is 26.0 Å². The largest absolute Gasteiger partial charge is 0.756 e. The van der Waals surface area contributed by atoms with Gasteiger partial charge in [-0.1, -0.05) is 173 Å². The highest BCUT2D eigenvalue weighted by atomic mass is 31.2. The van der Waals surface area contributed by atoms with Gasteiger partial charge >= 0.3 is 11.9 Å². The average molecular weight is 786 g/mol. The molecular formula is C44H84NO8P. The van der Waals surface area contributed by atoms with Crippen molar-refractivity contribution in [2.45, 2.75) is 200 Å². The minimum atomic E-state index is -4.63. The molecule has 0 bridgehead atoms. The molecule has 0 aromatic rings. The number of hydrogen-bond acceptors (Lipinski definition) is 8. The lowest BCUT2D eigenvalue weighted by molar-refractivity contribution is -0.870. The van der Waals surface area contributed by atoms with Gasteiger partial charge in [-0.2, -0.15) is 0 Å². The second kappa shape index (κ2) is 37.1. The van der Waals surface area contributed by atoms with E-state index in [1.54, 1.807) is 0 Å². The molecule has 54 heavy (non-hydrogen) atoms. The molecule has 0 radical (unpaired) electrons. The van der Waals surface area contributed by atoms with Gasteiger partial charge in [0.25, 0.3) is 7.82 Å². The first kappa shape index (κ1) is 52.5. The first-order valence-electron chi connectivity index (χ1n) is 22.0. The number of nitrogens with zero attached hydrogens (tertiary/aromatic N) is 1. The fraction of sp³-hybridized carbons (Fsp3) is 0.864. The Morgan fingerprint density at radius 2 is 1.04 bits per heavy atom. The van der Waals surface area contributed by atoms with Crippen molar-refractivity contribution in [3.63, 3.8) is 0 Å². The predicted molar refractivity (Wildman–Crippen MR) is 222 cm³/mol. The first-order chi connectivity index (χ1) is 26.0. The lowest BCUT2D eigenvalue weighted by Crippen LogP contribution is -2.37. The number of carbonyl (C=O) groups excluding carboxylic acids is 2. The molecule has 0 aliphatic heterocycles. The summed E-state index contributed by atoms with van der Waals surface area (Å²) in [5, 5.41) is 0. The number of likely N-dealkylation sites (N-methyl/N-ethyl adjacent to an activating group) is 1. The number of phosphoric acid groups is 1. The van der Waals surface area contributed by atoms with Crippen LogP contribution in [0.4, 0.5) is 0 Å². The van der Waals surface area contributed by atoms with E-state index in [0.717, 1.165) is 32.1 Å². The van der Waals surface area contributed by atoms with Gasteiger partial charge in [-0.15, -0.1) is 0 Å². The van der Waals surface area contributed by atoms with Gasteiger partial charge in [0.05, 0.1) is 27.7 Å². The second-order valence-corrected chi connectivity index (χ2v) is 17.5. The van der Waals surface area contributed by atoms with Gasteiger partial charge in [-0.3, -0.25) is 14.2 Å². The molecule has 0 aromatic carbocycles. The number of rotatable bonds is 40. The van der Waals surface area contributed by atoms with Crippen molar-refractivity contribution in [2.75, 3.05) is 47.5 Å². The molecule has 318 valence electrons. The SMILES string of the molecule is CCCCCCCC/C=C/C/C=C/CCC(=O)OC(COC(=O)CCCCCCCCCCCCCCCCCCC)COP(=O)([O-])OCC[N+](C)(C)C. The standard InChI is InChI=1S/C44H84NO8P/c1-6-8-10-12-14-16-18-20-21-22-23-25-26-28-30-32-34-36-43(46)50-40-42(41-52-54(48,49)51-39-38-45(3,4)5)53-44(47)37-35-33-31-29-27-24-19-17-15-13-11-9-7-2/h24,27,31,33,42H,6-23,25-26,28-30,32,34-41H2,1-5H3/b27-24+,33-31+. The van der Waals surface area contributed by atoms with Gasteiger partial charge in [0.2, 0.25) is 0 Å². The van der Waals surface area contributed by atoms with Gasteiger partial charge in [0, 0.05) is 12.8 Å². The molecule has 0 aromatic heterocycles. The number of phosphoric ester groups is 1. The van der Waals surface area contributed by atoms with Crippen LogP contribution >= 0.6 is 7.82 Å². The number of hydrogen-bond donors (Lipinski definition) is 0. The topological polar surface area (TPSA) is 111 Å². The fourth-order valence-electron chi connectivity index (χ4n) is 6.00. The Bertz CT molecular complexity index is 980. The van der Waals surface area contributed by atoms with E-state index < -0.39 is 32.5 Å². The highest BCUT2D eigenvalue weighted by molar-refractivity contribution is 7.45. The first-order valence-corrected chi connectivity index (χ1v) is 23.5. The lowest BCUT2D eigenvalue weighted by Gasteiger charge is -2.28. The molecule has 2 unspecified atom stereocenters. The minimum absolute atomic E-state index is 0.0380. The molecule has 10 heteroatoms. The Balaban J connectivity index is 4.37. The normalized spacial score (nSPS) is 13.8. The van der Waals surface area contributed by atoms with Crippen LogP contribution < -0.4 is 4.89 Å². The van der Waals surface area contributed by atoms with E-state index >= 15 is 0 Å². The maximum atomic E-state index is 12.6. The van der Waals surface area contributed by atoms with Gasteiger partial charge in [-0.05, 0) is 32.1 Å². The fourth-order valence-corrected chi connectivity index (χ4v) is 6.73. The van der Waals surface area contributed by atoms with Crippen molar-refractivity contribution in [2.24, 2.45) is 0 Å². The molecule has 0 aliphatic rings.